The molecule has 1 fully saturated rings. The van der Waals surface area contributed by atoms with Gasteiger partial charge in [0, 0.05) is 19.6 Å². The van der Waals surface area contributed by atoms with Crippen LogP contribution >= 0.6 is 0 Å². The third-order valence-electron chi connectivity index (χ3n) is 4.58. The highest BCUT2D eigenvalue weighted by molar-refractivity contribution is 6.01. The van der Waals surface area contributed by atoms with E-state index in [1.54, 1.807) is 29.2 Å². The smallest absolute Gasteiger partial charge is 0.262 e. The van der Waals surface area contributed by atoms with Gasteiger partial charge >= 0.3 is 0 Å². The first kappa shape index (κ1) is 21.1. The molecular weight excluding hydrogens is 382 g/mol. The van der Waals surface area contributed by atoms with Crippen molar-refractivity contribution in [2.45, 2.75) is 6.54 Å². The van der Waals surface area contributed by atoms with Crippen molar-refractivity contribution >= 4 is 17.9 Å². The van der Waals surface area contributed by atoms with Gasteiger partial charge in [-0.15, -0.1) is 0 Å². The predicted molar refractivity (Wildman–Crippen MR) is 111 cm³/mol. The van der Waals surface area contributed by atoms with Crippen molar-refractivity contribution in [1.82, 2.24) is 10.2 Å². The van der Waals surface area contributed by atoms with Gasteiger partial charge in [-0.25, -0.2) is 0 Å². The van der Waals surface area contributed by atoms with Gasteiger partial charge in [0.1, 0.15) is 17.4 Å². The molecule has 0 radical (unpaired) electrons. The van der Waals surface area contributed by atoms with Gasteiger partial charge in [-0.1, -0.05) is 42.5 Å². The van der Waals surface area contributed by atoms with Crippen LogP contribution in [0.3, 0.4) is 0 Å². The second kappa shape index (κ2) is 10.8. The minimum Gasteiger partial charge on any atom is -0.484 e. The highest BCUT2D eigenvalue weighted by atomic mass is 16.5. The van der Waals surface area contributed by atoms with Gasteiger partial charge in [0.25, 0.3) is 11.8 Å². The van der Waals surface area contributed by atoms with E-state index in [0.717, 1.165) is 5.56 Å². The second-order valence-corrected chi connectivity index (χ2v) is 6.69. The molecule has 0 bridgehead atoms. The number of carbonyl (C=O) groups is 2. The van der Waals surface area contributed by atoms with Crippen molar-refractivity contribution in [2.75, 3.05) is 32.9 Å². The van der Waals surface area contributed by atoms with Crippen LogP contribution in [0.15, 0.2) is 60.2 Å². The van der Waals surface area contributed by atoms with Crippen molar-refractivity contribution < 1.29 is 19.1 Å². The summed E-state index contributed by atoms with van der Waals surface area (Å²) in [6.07, 6.45) is 1.52. The van der Waals surface area contributed by atoms with Crippen molar-refractivity contribution in [3.8, 4) is 11.8 Å². The molecule has 1 heterocycles. The molecule has 0 saturated carbocycles. The van der Waals surface area contributed by atoms with Crippen molar-refractivity contribution in [1.29, 1.82) is 5.26 Å². The third-order valence-corrected chi connectivity index (χ3v) is 4.58. The Bertz CT molecular complexity index is 927. The molecule has 1 N–H and O–H groups in total. The summed E-state index contributed by atoms with van der Waals surface area (Å²) >= 11 is 0. The van der Waals surface area contributed by atoms with Crippen LogP contribution in [0, 0.1) is 11.3 Å². The fourth-order valence-corrected chi connectivity index (χ4v) is 2.90. The molecule has 154 valence electrons. The molecule has 1 saturated heterocycles. The zero-order valence-corrected chi connectivity index (χ0v) is 16.5. The van der Waals surface area contributed by atoms with Crippen LogP contribution in [-0.2, 0) is 20.9 Å². The average molecular weight is 405 g/mol. The number of morpholine rings is 1. The number of hydrogen-bond acceptors (Lipinski definition) is 5. The molecule has 0 spiro atoms. The van der Waals surface area contributed by atoms with Gasteiger partial charge in [0.15, 0.2) is 6.61 Å². The van der Waals surface area contributed by atoms with E-state index in [2.05, 4.69) is 5.32 Å². The Morgan fingerprint density at radius 3 is 2.47 bits per heavy atom. The van der Waals surface area contributed by atoms with Gasteiger partial charge in [0.2, 0.25) is 0 Å². The Kier molecular flexibility index (Phi) is 7.58. The predicted octanol–water partition coefficient (Wildman–Crippen LogP) is 2.15. The molecule has 0 atom stereocenters. The summed E-state index contributed by atoms with van der Waals surface area (Å²) in [5.74, 6) is 0.0303. The van der Waals surface area contributed by atoms with Crippen LogP contribution in [-0.4, -0.2) is 49.6 Å². The summed E-state index contributed by atoms with van der Waals surface area (Å²) in [4.78, 5) is 26.1. The average Bonchev–Trinajstić information content (AvgIpc) is 2.81. The normalized spacial score (nSPS) is 14.0. The molecule has 0 unspecified atom stereocenters. The van der Waals surface area contributed by atoms with Crippen LogP contribution in [0.5, 0.6) is 5.75 Å². The quantitative estimate of drug-likeness (QED) is 0.563. The maximum absolute atomic E-state index is 12.3. The van der Waals surface area contributed by atoms with Crippen molar-refractivity contribution in [3.63, 3.8) is 0 Å². The number of nitriles is 1. The van der Waals surface area contributed by atoms with Crippen LogP contribution < -0.4 is 10.1 Å². The number of hydrogen-bond donors (Lipinski definition) is 1. The van der Waals surface area contributed by atoms with Crippen molar-refractivity contribution in [3.05, 3.63) is 71.3 Å². The molecule has 7 heteroatoms. The van der Waals surface area contributed by atoms with Crippen LogP contribution in [0.1, 0.15) is 11.1 Å². The zero-order chi connectivity index (χ0) is 21.2. The molecule has 3 rings (SSSR count). The maximum Gasteiger partial charge on any atom is 0.262 e. The number of nitrogens with one attached hydrogen (secondary N) is 1. The monoisotopic (exact) mass is 405 g/mol. The lowest BCUT2D eigenvalue weighted by Crippen LogP contribution is -2.42. The first-order valence-corrected chi connectivity index (χ1v) is 9.68. The lowest BCUT2D eigenvalue weighted by Gasteiger charge is -2.26. The lowest BCUT2D eigenvalue weighted by molar-refractivity contribution is -0.137. The number of nitrogens with zero attached hydrogens (tertiary/aromatic N) is 2. The molecule has 2 aromatic carbocycles. The fraction of sp³-hybridized carbons (Fsp3) is 0.261. The van der Waals surface area contributed by atoms with E-state index < -0.39 is 5.91 Å². The summed E-state index contributed by atoms with van der Waals surface area (Å²) in [6, 6.07) is 18.3. The summed E-state index contributed by atoms with van der Waals surface area (Å²) in [7, 11) is 0. The van der Waals surface area contributed by atoms with E-state index in [-0.39, 0.29) is 18.1 Å². The summed E-state index contributed by atoms with van der Waals surface area (Å²) in [6.45, 7) is 2.56. The van der Waals surface area contributed by atoms with Gasteiger partial charge in [0.05, 0.1) is 13.2 Å². The molecule has 1 aliphatic rings. The number of ether oxygens (including phenoxy) is 2. The molecule has 0 aliphatic carbocycles. The van der Waals surface area contributed by atoms with Gasteiger partial charge in [-0.3, -0.25) is 9.59 Å². The van der Waals surface area contributed by atoms with Crippen LogP contribution in [0.4, 0.5) is 0 Å². The second-order valence-electron chi connectivity index (χ2n) is 6.69. The number of amides is 2. The Balaban J connectivity index is 1.53. The summed E-state index contributed by atoms with van der Waals surface area (Å²) < 4.78 is 10.8. The van der Waals surface area contributed by atoms with E-state index in [4.69, 9.17) is 9.47 Å². The Morgan fingerprint density at radius 2 is 1.80 bits per heavy atom. The first-order chi connectivity index (χ1) is 14.7. The van der Waals surface area contributed by atoms with Gasteiger partial charge < -0.3 is 19.7 Å². The number of carbonyl (C=O) groups excluding carboxylic acids is 2. The van der Waals surface area contributed by atoms with Crippen LogP contribution in [0.2, 0.25) is 0 Å². The third kappa shape index (κ3) is 6.19. The van der Waals surface area contributed by atoms with E-state index in [1.807, 2.05) is 36.4 Å². The molecule has 2 amide bonds. The fourth-order valence-electron chi connectivity index (χ4n) is 2.90. The van der Waals surface area contributed by atoms with E-state index in [1.165, 1.54) is 6.08 Å². The highest BCUT2D eigenvalue weighted by Crippen LogP contribution is 2.15. The molecule has 2 aromatic rings. The Hall–Kier alpha value is -3.63. The highest BCUT2D eigenvalue weighted by Gasteiger charge is 2.17. The minimum absolute atomic E-state index is 0.0158. The number of rotatable bonds is 7. The number of benzene rings is 2. The molecular formula is C23H23N3O4. The topological polar surface area (TPSA) is 91.7 Å². The first-order valence-electron chi connectivity index (χ1n) is 9.68. The SMILES string of the molecule is N#C/C(=C\c1ccc(OCC(=O)N2CCOCC2)cc1)C(=O)NCc1ccccc1. The summed E-state index contributed by atoms with van der Waals surface area (Å²) in [5.41, 5.74) is 1.66. The Labute approximate surface area is 175 Å². The largest absolute Gasteiger partial charge is 0.484 e. The van der Waals surface area contributed by atoms with Gasteiger partial charge in [-0.05, 0) is 29.3 Å². The van der Waals surface area contributed by atoms with Crippen molar-refractivity contribution in [2.24, 2.45) is 0 Å². The molecule has 0 aromatic heterocycles. The molecule has 30 heavy (non-hydrogen) atoms. The van der Waals surface area contributed by atoms with E-state index in [0.29, 0.717) is 44.2 Å². The minimum atomic E-state index is -0.433. The lowest BCUT2D eigenvalue weighted by atomic mass is 10.1. The summed E-state index contributed by atoms with van der Waals surface area (Å²) in [5, 5.41) is 12.1. The maximum atomic E-state index is 12.3. The standard InChI is InChI=1S/C23H23N3O4/c24-15-20(23(28)25-16-19-4-2-1-3-5-19)14-18-6-8-21(9-7-18)30-17-22(27)26-10-12-29-13-11-26/h1-9,14H,10-13,16-17H2,(H,25,28)/b20-14+. The van der Waals surface area contributed by atoms with Crippen LogP contribution in [0.25, 0.3) is 6.08 Å². The molecule has 1 aliphatic heterocycles. The zero-order valence-electron chi connectivity index (χ0n) is 16.5. The van der Waals surface area contributed by atoms with E-state index in [9.17, 15) is 14.9 Å². The Morgan fingerprint density at radius 1 is 1.10 bits per heavy atom. The van der Waals surface area contributed by atoms with Gasteiger partial charge in [-0.2, -0.15) is 5.26 Å². The van der Waals surface area contributed by atoms with E-state index >= 15 is 0 Å². The molecule has 7 nitrogen and oxygen atoms in total.